The lowest BCUT2D eigenvalue weighted by Crippen LogP contribution is -2.58. The molecule has 1 fully saturated rings. The smallest absolute Gasteiger partial charge is 0.387 e. The number of hydrogen-bond acceptors (Lipinski definition) is 5. The fraction of sp³-hybridized carbons (Fsp3) is 0.421. The summed E-state index contributed by atoms with van der Waals surface area (Å²) in [7, 11) is 0. The van der Waals surface area contributed by atoms with Crippen LogP contribution >= 0.6 is 11.6 Å². The fourth-order valence-electron chi connectivity index (χ4n) is 3.26. The number of amides is 2. The van der Waals surface area contributed by atoms with Crippen LogP contribution in [0.5, 0.6) is 5.75 Å². The van der Waals surface area contributed by atoms with Crippen molar-refractivity contribution >= 4 is 29.1 Å². The van der Waals surface area contributed by atoms with E-state index in [-0.39, 0.29) is 29.0 Å². The number of carbonyl (C=O) groups is 1. The van der Waals surface area contributed by atoms with Crippen LogP contribution in [-0.4, -0.2) is 53.2 Å². The van der Waals surface area contributed by atoms with E-state index in [0.29, 0.717) is 25.3 Å². The average Bonchev–Trinajstić information content (AvgIpc) is 2.68. The Balaban J connectivity index is 1.67. The van der Waals surface area contributed by atoms with Crippen LogP contribution in [-0.2, 0) is 0 Å². The van der Waals surface area contributed by atoms with E-state index < -0.39 is 6.61 Å². The first-order chi connectivity index (χ1) is 13.8. The summed E-state index contributed by atoms with van der Waals surface area (Å²) in [6, 6.07) is 7.34. The lowest BCUT2D eigenvalue weighted by atomic mass is 10.00. The molecule has 1 aliphatic heterocycles. The van der Waals surface area contributed by atoms with Crippen molar-refractivity contribution in [3.63, 3.8) is 0 Å². The van der Waals surface area contributed by atoms with Gasteiger partial charge in [-0.05, 0) is 47.9 Å². The van der Waals surface area contributed by atoms with E-state index in [1.165, 1.54) is 24.3 Å². The number of carbonyl (C=O) groups excluding carboxylic acids is 1. The number of alkyl halides is 2. The number of piperazine rings is 1. The molecule has 0 bridgehead atoms. The number of ether oxygens (including phenoxy) is 1. The summed E-state index contributed by atoms with van der Waals surface area (Å²) in [4.78, 5) is 24.9. The quantitative estimate of drug-likeness (QED) is 0.730. The molecule has 3 rings (SSSR count). The Labute approximate surface area is 172 Å². The van der Waals surface area contributed by atoms with E-state index in [9.17, 15) is 13.6 Å². The van der Waals surface area contributed by atoms with Crippen LogP contribution in [0.3, 0.4) is 0 Å². The molecule has 0 aliphatic carbocycles. The van der Waals surface area contributed by atoms with Crippen molar-refractivity contribution in [3.8, 4) is 5.75 Å². The molecule has 1 aromatic heterocycles. The van der Waals surface area contributed by atoms with Crippen LogP contribution in [0.15, 0.2) is 36.5 Å². The SMILES string of the molecule is CC(C)C1CN(c2ccnc(Cl)n2)CCN1C(=O)Nc1ccc(OC(F)F)cc1. The van der Waals surface area contributed by atoms with Crippen LogP contribution in [0, 0.1) is 5.92 Å². The van der Waals surface area contributed by atoms with E-state index in [0.717, 1.165) is 5.82 Å². The van der Waals surface area contributed by atoms with Gasteiger partial charge in [-0.25, -0.2) is 14.8 Å². The maximum atomic E-state index is 12.8. The number of benzene rings is 1. The molecule has 7 nitrogen and oxygen atoms in total. The Morgan fingerprint density at radius 2 is 1.97 bits per heavy atom. The Morgan fingerprint density at radius 1 is 1.24 bits per heavy atom. The summed E-state index contributed by atoms with van der Waals surface area (Å²) >= 11 is 5.90. The predicted octanol–water partition coefficient (Wildman–Crippen LogP) is 4.11. The molecule has 29 heavy (non-hydrogen) atoms. The van der Waals surface area contributed by atoms with Gasteiger partial charge in [-0.3, -0.25) is 0 Å². The number of nitrogens with one attached hydrogen (secondary N) is 1. The second-order valence-electron chi connectivity index (χ2n) is 6.97. The van der Waals surface area contributed by atoms with Gasteiger partial charge in [0.2, 0.25) is 5.28 Å². The van der Waals surface area contributed by atoms with Gasteiger partial charge in [0.15, 0.2) is 0 Å². The first kappa shape index (κ1) is 21.0. The maximum absolute atomic E-state index is 12.8. The van der Waals surface area contributed by atoms with Gasteiger partial charge < -0.3 is 19.9 Å². The van der Waals surface area contributed by atoms with Gasteiger partial charge in [-0.2, -0.15) is 8.78 Å². The summed E-state index contributed by atoms with van der Waals surface area (Å²) in [5, 5.41) is 3.00. The average molecular weight is 426 g/mol. The van der Waals surface area contributed by atoms with E-state index in [1.54, 1.807) is 17.2 Å². The topological polar surface area (TPSA) is 70.6 Å². The van der Waals surface area contributed by atoms with Crippen molar-refractivity contribution in [2.24, 2.45) is 5.92 Å². The lowest BCUT2D eigenvalue weighted by Gasteiger charge is -2.43. The number of anilines is 2. The number of halogens is 3. The first-order valence-electron chi connectivity index (χ1n) is 9.19. The summed E-state index contributed by atoms with van der Waals surface area (Å²) in [5.41, 5.74) is 0.504. The molecule has 0 spiro atoms. The molecule has 1 N–H and O–H groups in total. The third-order valence-corrected chi connectivity index (χ3v) is 4.90. The normalized spacial score (nSPS) is 17.0. The number of urea groups is 1. The zero-order valence-electron chi connectivity index (χ0n) is 16.1. The van der Waals surface area contributed by atoms with Crippen LogP contribution < -0.4 is 15.0 Å². The lowest BCUT2D eigenvalue weighted by molar-refractivity contribution is -0.0498. The minimum absolute atomic E-state index is 0.0372. The van der Waals surface area contributed by atoms with Gasteiger partial charge in [0.05, 0.1) is 6.04 Å². The molecule has 2 amide bonds. The van der Waals surface area contributed by atoms with Gasteiger partial charge in [-0.15, -0.1) is 0 Å². The Bertz CT molecular complexity index is 838. The Kier molecular flexibility index (Phi) is 6.68. The van der Waals surface area contributed by atoms with E-state index in [1.807, 2.05) is 0 Å². The largest absolute Gasteiger partial charge is 0.435 e. The van der Waals surface area contributed by atoms with Crippen molar-refractivity contribution in [2.45, 2.75) is 26.5 Å². The van der Waals surface area contributed by atoms with Crippen molar-refractivity contribution in [1.29, 1.82) is 0 Å². The third-order valence-electron chi connectivity index (χ3n) is 4.72. The van der Waals surface area contributed by atoms with Gasteiger partial charge >= 0.3 is 12.6 Å². The molecule has 2 aromatic rings. The van der Waals surface area contributed by atoms with Crippen molar-refractivity contribution in [2.75, 3.05) is 29.9 Å². The molecular formula is C19H22ClF2N5O2. The minimum Gasteiger partial charge on any atom is -0.435 e. The Hall–Kier alpha value is -2.68. The second kappa shape index (κ2) is 9.21. The zero-order valence-corrected chi connectivity index (χ0v) is 16.8. The molecule has 1 aromatic carbocycles. The summed E-state index contributed by atoms with van der Waals surface area (Å²) in [6.45, 7) is 2.94. The van der Waals surface area contributed by atoms with Crippen molar-refractivity contribution in [1.82, 2.24) is 14.9 Å². The number of aromatic nitrogens is 2. The maximum Gasteiger partial charge on any atom is 0.387 e. The highest BCUT2D eigenvalue weighted by Crippen LogP contribution is 2.24. The molecule has 10 heteroatoms. The van der Waals surface area contributed by atoms with Gasteiger partial charge in [0.1, 0.15) is 11.6 Å². The molecule has 0 radical (unpaired) electrons. The van der Waals surface area contributed by atoms with Crippen LogP contribution in [0.2, 0.25) is 5.28 Å². The molecule has 1 saturated heterocycles. The van der Waals surface area contributed by atoms with E-state index in [4.69, 9.17) is 11.6 Å². The zero-order chi connectivity index (χ0) is 21.0. The van der Waals surface area contributed by atoms with Crippen LogP contribution in [0.1, 0.15) is 13.8 Å². The molecule has 156 valence electrons. The standard InChI is InChI=1S/C19H22ClF2N5O2/c1-12(2)15-11-26(16-7-8-23-17(20)25-16)9-10-27(15)19(28)24-13-3-5-14(6-4-13)29-18(21)22/h3-8,12,15,18H,9-11H2,1-2H3,(H,24,28). The predicted molar refractivity (Wildman–Crippen MR) is 107 cm³/mol. The Morgan fingerprint density at radius 3 is 2.59 bits per heavy atom. The highest BCUT2D eigenvalue weighted by Gasteiger charge is 2.33. The van der Waals surface area contributed by atoms with Crippen molar-refractivity contribution in [3.05, 3.63) is 41.8 Å². The molecule has 2 heterocycles. The van der Waals surface area contributed by atoms with E-state index in [2.05, 4.69) is 38.8 Å². The second-order valence-corrected chi connectivity index (χ2v) is 7.31. The highest BCUT2D eigenvalue weighted by molar-refractivity contribution is 6.28. The van der Waals surface area contributed by atoms with Crippen LogP contribution in [0.4, 0.5) is 25.1 Å². The third kappa shape index (κ3) is 5.44. The molecule has 1 aliphatic rings. The summed E-state index contributed by atoms with van der Waals surface area (Å²) in [5.74, 6) is 0.975. The first-order valence-corrected chi connectivity index (χ1v) is 9.57. The number of hydrogen-bond donors (Lipinski definition) is 1. The highest BCUT2D eigenvalue weighted by atomic mass is 35.5. The van der Waals surface area contributed by atoms with Crippen molar-refractivity contribution < 1.29 is 18.3 Å². The van der Waals surface area contributed by atoms with Crippen LogP contribution in [0.25, 0.3) is 0 Å². The van der Waals surface area contributed by atoms with E-state index >= 15 is 0 Å². The molecular weight excluding hydrogens is 404 g/mol. The molecule has 0 saturated carbocycles. The molecule has 1 atom stereocenters. The van der Waals surface area contributed by atoms with Gasteiger partial charge in [0.25, 0.3) is 0 Å². The minimum atomic E-state index is -2.89. The number of rotatable bonds is 5. The summed E-state index contributed by atoms with van der Waals surface area (Å²) < 4.78 is 28.8. The van der Waals surface area contributed by atoms with Gasteiger partial charge in [0, 0.05) is 31.5 Å². The fourth-order valence-corrected chi connectivity index (χ4v) is 3.40. The summed E-state index contributed by atoms with van der Waals surface area (Å²) in [6.07, 6.45) is 1.61. The molecule has 1 unspecified atom stereocenters. The monoisotopic (exact) mass is 425 g/mol. The van der Waals surface area contributed by atoms with Gasteiger partial charge in [-0.1, -0.05) is 13.8 Å². The number of nitrogens with zero attached hydrogens (tertiary/aromatic N) is 4.